The van der Waals surface area contributed by atoms with Crippen molar-refractivity contribution in [3.8, 4) is 0 Å². The van der Waals surface area contributed by atoms with Crippen LogP contribution < -0.4 is 16.0 Å². The van der Waals surface area contributed by atoms with E-state index in [0.29, 0.717) is 17.3 Å². The van der Waals surface area contributed by atoms with Gasteiger partial charge in [-0.15, -0.1) is 0 Å². The molecule has 1 atom stereocenters. The zero-order valence-corrected chi connectivity index (χ0v) is 19.0. The highest BCUT2D eigenvalue weighted by Crippen LogP contribution is 2.32. The molecule has 1 unspecified atom stereocenters. The van der Waals surface area contributed by atoms with Crippen molar-refractivity contribution >= 4 is 34.6 Å². The van der Waals surface area contributed by atoms with Gasteiger partial charge in [-0.25, -0.2) is 8.78 Å². The Labute approximate surface area is 202 Å². The van der Waals surface area contributed by atoms with Crippen LogP contribution in [0.2, 0.25) is 0 Å². The van der Waals surface area contributed by atoms with E-state index in [0.717, 1.165) is 17.7 Å². The third-order valence-electron chi connectivity index (χ3n) is 5.65. The minimum Gasteiger partial charge on any atom is -0.361 e. The largest absolute Gasteiger partial charge is 0.361 e. The van der Waals surface area contributed by atoms with Crippen molar-refractivity contribution in [1.29, 1.82) is 0 Å². The van der Waals surface area contributed by atoms with Gasteiger partial charge in [0.2, 0.25) is 0 Å². The Morgan fingerprint density at radius 1 is 0.882 bits per heavy atom. The minimum atomic E-state index is -0.573. The van der Waals surface area contributed by atoms with E-state index >= 15 is 0 Å². The molecule has 3 aromatic carbocycles. The van der Waals surface area contributed by atoms with Crippen LogP contribution in [0, 0.1) is 11.6 Å². The fourth-order valence-corrected chi connectivity index (χ4v) is 3.98. The molecule has 0 aromatic heterocycles. The smallest absolute Gasteiger partial charge is 0.258 e. The lowest BCUT2D eigenvalue weighted by molar-refractivity contribution is 0.102. The molecule has 0 bridgehead atoms. The van der Waals surface area contributed by atoms with Crippen molar-refractivity contribution in [2.45, 2.75) is 11.8 Å². The van der Waals surface area contributed by atoms with Gasteiger partial charge in [0.15, 0.2) is 5.11 Å². The van der Waals surface area contributed by atoms with Crippen molar-refractivity contribution in [2.75, 3.05) is 17.2 Å². The molecule has 0 heterocycles. The lowest BCUT2D eigenvalue weighted by Gasteiger charge is -2.32. The number of carbonyl (C=O) groups is 1. The van der Waals surface area contributed by atoms with Gasteiger partial charge in [-0.2, -0.15) is 0 Å². The second kappa shape index (κ2) is 10.4. The minimum absolute atomic E-state index is 0.0169. The Hall–Kier alpha value is -3.84. The average molecular weight is 476 g/mol. The number of allylic oxidation sites excluding steroid dienone is 3. The van der Waals surface area contributed by atoms with Gasteiger partial charge < -0.3 is 16.0 Å². The van der Waals surface area contributed by atoms with E-state index in [4.69, 9.17) is 12.2 Å². The normalized spacial score (nSPS) is 16.6. The molecule has 0 saturated heterocycles. The zero-order valence-electron chi connectivity index (χ0n) is 18.2. The first-order valence-electron chi connectivity index (χ1n) is 10.8. The first-order chi connectivity index (χ1) is 16.4. The van der Waals surface area contributed by atoms with E-state index in [1.807, 2.05) is 12.2 Å². The standard InChI is InChI=1S/C27H23F2N3OS/c28-20-10-8-19(9-11-20)27(16-4-1-5-17-27)18-30-26(34)32-22-14-12-21(13-15-22)31-25(33)23-6-2-3-7-24(23)29/h1-16H,17-18H2,(H,31,33)(H2,30,32,34). The Morgan fingerprint density at radius 2 is 1.56 bits per heavy atom. The highest BCUT2D eigenvalue weighted by molar-refractivity contribution is 7.80. The number of nitrogens with one attached hydrogen (secondary N) is 3. The molecule has 4 rings (SSSR count). The summed E-state index contributed by atoms with van der Waals surface area (Å²) in [4.78, 5) is 12.3. The van der Waals surface area contributed by atoms with Crippen molar-refractivity contribution in [1.82, 2.24) is 5.32 Å². The van der Waals surface area contributed by atoms with Crippen LogP contribution in [-0.2, 0) is 5.41 Å². The van der Waals surface area contributed by atoms with Gasteiger partial charge in [-0.05, 0) is 72.7 Å². The summed E-state index contributed by atoms with van der Waals surface area (Å²) in [5.74, 6) is -1.36. The molecule has 0 saturated carbocycles. The van der Waals surface area contributed by atoms with Crippen LogP contribution in [0.4, 0.5) is 20.2 Å². The van der Waals surface area contributed by atoms with E-state index < -0.39 is 11.7 Å². The number of rotatable bonds is 6. The van der Waals surface area contributed by atoms with Crippen LogP contribution in [0.5, 0.6) is 0 Å². The van der Waals surface area contributed by atoms with Crippen LogP contribution in [0.15, 0.2) is 97.1 Å². The summed E-state index contributed by atoms with van der Waals surface area (Å²) < 4.78 is 27.2. The molecule has 1 amide bonds. The van der Waals surface area contributed by atoms with Crippen LogP contribution in [0.25, 0.3) is 0 Å². The number of hydrogen-bond acceptors (Lipinski definition) is 2. The Kier molecular flexibility index (Phi) is 7.13. The topological polar surface area (TPSA) is 53.2 Å². The molecule has 34 heavy (non-hydrogen) atoms. The Bertz CT molecular complexity index is 1240. The fourth-order valence-electron chi connectivity index (χ4n) is 3.79. The predicted octanol–water partition coefficient (Wildman–Crippen LogP) is 5.96. The summed E-state index contributed by atoms with van der Waals surface area (Å²) in [6.07, 6.45) is 8.92. The number of anilines is 2. The van der Waals surface area contributed by atoms with Crippen LogP contribution >= 0.6 is 12.2 Å². The van der Waals surface area contributed by atoms with Gasteiger partial charge in [0, 0.05) is 23.3 Å². The maximum absolute atomic E-state index is 13.8. The molecule has 0 spiro atoms. The second-order valence-corrected chi connectivity index (χ2v) is 8.38. The zero-order chi connectivity index (χ0) is 24.0. The number of halogens is 2. The Balaban J connectivity index is 1.36. The molecule has 0 fully saturated rings. The van der Waals surface area contributed by atoms with Gasteiger partial charge in [0.1, 0.15) is 11.6 Å². The van der Waals surface area contributed by atoms with Gasteiger partial charge in [-0.3, -0.25) is 4.79 Å². The maximum Gasteiger partial charge on any atom is 0.258 e. The molecule has 7 heteroatoms. The van der Waals surface area contributed by atoms with Gasteiger partial charge in [0.05, 0.1) is 5.56 Å². The summed E-state index contributed by atoms with van der Waals surface area (Å²) in [5.41, 5.74) is 1.91. The third kappa shape index (κ3) is 5.55. The maximum atomic E-state index is 13.8. The van der Waals surface area contributed by atoms with Crippen molar-refractivity contribution < 1.29 is 13.6 Å². The van der Waals surface area contributed by atoms with Crippen LogP contribution in [-0.4, -0.2) is 17.6 Å². The molecule has 172 valence electrons. The summed E-state index contributed by atoms with van der Waals surface area (Å²) in [7, 11) is 0. The van der Waals surface area contributed by atoms with Crippen LogP contribution in [0.3, 0.4) is 0 Å². The van der Waals surface area contributed by atoms with E-state index in [9.17, 15) is 13.6 Å². The predicted molar refractivity (Wildman–Crippen MR) is 136 cm³/mol. The quantitative estimate of drug-likeness (QED) is 0.385. The first-order valence-corrected chi connectivity index (χ1v) is 11.2. The summed E-state index contributed by atoms with van der Waals surface area (Å²) in [6, 6.07) is 19.3. The number of amides is 1. The summed E-state index contributed by atoms with van der Waals surface area (Å²) >= 11 is 5.47. The highest BCUT2D eigenvalue weighted by atomic mass is 32.1. The SMILES string of the molecule is O=C(Nc1ccc(NC(=S)NCC2(c3ccc(F)cc3)C=CC=CC2)cc1)c1ccccc1F. The second-order valence-electron chi connectivity index (χ2n) is 7.97. The van der Waals surface area contributed by atoms with Gasteiger partial charge >= 0.3 is 0 Å². The molecule has 1 aliphatic rings. The molecule has 0 aliphatic heterocycles. The fraction of sp³-hybridized carbons (Fsp3) is 0.111. The van der Waals surface area contributed by atoms with Gasteiger partial charge in [-0.1, -0.05) is 48.6 Å². The average Bonchev–Trinajstić information content (AvgIpc) is 2.85. The van der Waals surface area contributed by atoms with Crippen LogP contribution in [0.1, 0.15) is 22.3 Å². The van der Waals surface area contributed by atoms with Gasteiger partial charge in [0.25, 0.3) is 5.91 Å². The van der Waals surface area contributed by atoms with E-state index in [-0.39, 0.29) is 16.8 Å². The molecule has 0 radical (unpaired) electrons. The first kappa shape index (κ1) is 23.3. The van der Waals surface area contributed by atoms with E-state index in [1.54, 1.807) is 42.5 Å². The summed E-state index contributed by atoms with van der Waals surface area (Å²) in [6.45, 7) is 0.530. The molecule has 3 aromatic rings. The number of thiocarbonyl (C=S) groups is 1. The number of hydrogen-bond donors (Lipinski definition) is 3. The monoisotopic (exact) mass is 475 g/mol. The molecule has 1 aliphatic carbocycles. The van der Waals surface area contributed by atoms with E-state index in [1.165, 1.54) is 30.3 Å². The lowest BCUT2D eigenvalue weighted by atomic mass is 9.75. The lowest BCUT2D eigenvalue weighted by Crippen LogP contribution is -2.41. The number of benzene rings is 3. The highest BCUT2D eigenvalue weighted by Gasteiger charge is 2.29. The van der Waals surface area contributed by atoms with Crippen molar-refractivity contribution in [3.05, 3.63) is 120 Å². The molecular formula is C27H23F2N3OS. The van der Waals surface area contributed by atoms with E-state index in [2.05, 4.69) is 28.1 Å². The molecular weight excluding hydrogens is 452 g/mol. The molecule has 4 nitrogen and oxygen atoms in total. The molecule has 3 N–H and O–H groups in total. The summed E-state index contributed by atoms with van der Waals surface area (Å²) in [5, 5.41) is 9.50. The van der Waals surface area contributed by atoms with Crippen molar-refractivity contribution in [3.63, 3.8) is 0 Å². The Morgan fingerprint density at radius 3 is 2.21 bits per heavy atom. The third-order valence-corrected chi connectivity index (χ3v) is 5.89. The number of carbonyl (C=O) groups excluding carboxylic acids is 1. The van der Waals surface area contributed by atoms with Crippen molar-refractivity contribution in [2.24, 2.45) is 0 Å².